The van der Waals surface area contributed by atoms with Crippen molar-refractivity contribution >= 4 is 5.91 Å². The lowest BCUT2D eigenvalue weighted by Gasteiger charge is -2.32. The van der Waals surface area contributed by atoms with Crippen molar-refractivity contribution in [2.75, 3.05) is 27.2 Å². The maximum Gasteiger partial charge on any atom is 0.275 e. The van der Waals surface area contributed by atoms with Crippen LogP contribution in [0, 0.1) is 11.6 Å². The Labute approximate surface area is 150 Å². The summed E-state index contributed by atoms with van der Waals surface area (Å²) >= 11 is 0. The lowest BCUT2D eigenvalue weighted by Crippen LogP contribution is -2.40. The summed E-state index contributed by atoms with van der Waals surface area (Å²) in [4.78, 5) is 19.8. The lowest BCUT2D eigenvalue weighted by atomic mass is 9.97. The Kier molecular flexibility index (Phi) is 5.26. The third-order valence-electron chi connectivity index (χ3n) is 4.54. The zero-order valence-electron chi connectivity index (χ0n) is 15.1. The number of nitrogens with zero attached hydrogens (tertiary/aromatic N) is 6. The number of pyridine rings is 1. The summed E-state index contributed by atoms with van der Waals surface area (Å²) < 4.78 is 28.9. The molecule has 9 heteroatoms. The van der Waals surface area contributed by atoms with Gasteiger partial charge in [0.15, 0.2) is 11.5 Å². The molecule has 0 spiro atoms. The molecule has 1 amide bonds. The van der Waals surface area contributed by atoms with Crippen LogP contribution >= 0.6 is 0 Å². The minimum atomic E-state index is -0.941. The zero-order chi connectivity index (χ0) is 18.8. The Hall–Kier alpha value is -2.42. The number of aromatic nitrogens is 4. The Morgan fingerprint density at radius 3 is 2.81 bits per heavy atom. The third-order valence-corrected chi connectivity index (χ3v) is 4.54. The van der Waals surface area contributed by atoms with E-state index in [4.69, 9.17) is 0 Å². The van der Waals surface area contributed by atoms with E-state index in [9.17, 15) is 13.6 Å². The molecule has 7 nitrogen and oxygen atoms in total. The van der Waals surface area contributed by atoms with E-state index in [2.05, 4.69) is 15.2 Å². The summed E-state index contributed by atoms with van der Waals surface area (Å²) in [5.74, 6) is -0.591. The summed E-state index contributed by atoms with van der Waals surface area (Å²) in [5, 5.41) is 8.53. The van der Waals surface area contributed by atoms with Crippen molar-refractivity contribution in [3.05, 3.63) is 41.2 Å². The van der Waals surface area contributed by atoms with E-state index in [1.165, 1.54) is 0 Å². The second-order valence-electron chi connectivity index (χ2n) is 6.85. The molecule has 1 aliphatic rings. The molecular weight excluding hydrogens is 342 g/mol. The number of amides is 1. The van der Waals surface area contributed by atoms with Gasteiger partial charge in [0.05, 0.1) is 12.7 Å². The fourth-order valence-corrected chi connectivity index (χ4v) is 3.25. The normalized spacial score (nSPS) is 17.8. The molecule has 3 rings (SSSR count). The molecule has 0 saturated carbocycles. The van der Waals surface area contributed by atoms with Crippen LogP contribution in [-0.4, -0.2) is 62.6 Å². The topological polar surface area (TPSA) is 67.2 Å². The highest BCUT2D eigenvalue weighted by molar-refractivity contribution is 5.92. The van der Waals surface area contributed by atoms with E-state index in [0.717, 1.165) is 30.7 Å². The van der Waals surface area contributed by atoms with Gasteiger partial charge in [-0.25, -0.2) is 13.8 Å². The molecule has 140 valence electrons. The van der Waals surface area contributed by atoms with Crippen LogP contribution in [0.2, 0.25) is 0 Å². The molecule has 1 atom stereocenters. The predicted molar refractivity (Wildman–Crippen MR) is 90.4 cm³/mol. The molecule has 0 N–H and O–H groups in total. The van der Waals surface area contributed by atoms with E-state index >= 15 is 0 Å². The molecule has 0 bridgehead atoms. The lowest BCUT2D eigenvalue weighted by molar-refractivity contribution is 0.0692. The number of hydrogen-bond donors (Lipinski definition) is 0. The van der Waals surface area contributed by atoms with Crippen LogP contribution in [0.25, 0.3) is 0 Å². The molecule has 1 aliphatic heterocycles. The molecule has 0 aromatic carbocycles. The van der Waals surface area contributed by atoms with Crippen LogP contribution in [0.1, 0.15) is 40.9 Å². The molecular formula is C17H22F2N6O. The first kappa shape index (κ1) is 18.4. The van der Waals surface area contributed by atoms with Crippen molar-refractivity contribution < 1.29 is 13.6 Å². The molecule has 1 saturated heterocycles. The van der Waals surface area contributed by atoms with Crippen molar-refractivity contribution in [2.45, 2.75) is 25.3 Å². The minimum Gasteiger partial charge on any atom is -0.336 e. The minimum absolute atomic E-state index is 0.0182. The van der Waals surface area contributed by atoms with Crippen LogP contribution in [0.4, 0.5) is 8.78 Å². The Morgan fingerprint density at radius 2 is 2.12 bits per heavy atom. The van der Waals surface area contributed by atoms with Gasteiger partial charge >= 0.3 is 0 Å². The number of carbonyl (C=O) groups is 1. The maximum absolute atomic E-state index is 13.9. The molecule has 1 fully saturated rings. The number of carbonyl (C=O) groups excluding carboxylic acids is 1. The molecule has 0 radical (unpaired) electrons. The number of hydrogen-bond acceptors (Lipinski definition) is 5. The van der Waals surface area contributed by atoms with Gasteiger partial charge in [-0.05, 0) is 26.9 Å². The van der Waals surface area contributed by atoms with Crippen molar-refractivity contribution in [3.63, 3.8) is 0 Å². The van der Waals surface area contributed by atoms with Gasteiger partial charge in [0, 0.05) is 32.1 Å². The SMILES string of the molecule is CN(C)Cc1nnc([C@H]2CCCN(C(=O)c3ncc(F)cc3F)C2)n1C. The highest BCUT2D eigenvalue weighted by Crippen LogP contribution is 2.27. The van der Waals surface area contributed by atoms with E-state index in [-0.39, 0.29) is 11.6 Å². The van der Waals surface area contributed by atoms with Crippen molar-refractivity contribution in [1.82, 2.24) is 29.5 Å². The fourth-order valence-electron chi connectivity index (χ4n) is 3.25. The smallest absolute Gasteiger partial charge is 0.275 e. The Balaban J connectivity index is 1.77. The van der Waals surface area contributed by atoms with Gasteiger partial charge in [-0.2, -0.15) is 0 Å². The zero-order valence-corrected chi connectivity index (χ0v) is 15.1. The Bertz CT molecular complexity index is 807. The highest BCUT2D eigenvalue weighted by atomic mass is 19.1. The van der Waals surface area contributed by atoms with Gasteiger partial charge in [-0.15, -0.1) is 10.2 Å². The van der Waals surface area contributed by atoms with Crippen molar-refractivity contribution in [2.24, 2.45) is 7.05 Å². The molecule has 3 heterocycles. The first-order valence-corrected chi connectivity index (χ1v) is 8.50. The highest BCUT2D eigenvalue weighted by Gasteiger charge is 2.30. The summed E-state index contributed by atoms with van der Waals surface area (Å²) in [5.41, 5.74) is -0.349. The van der Waals surface area contributed by atoms with Crippen LogP contribution in [0.5, 0.6) is 0 Å². The van der Waals surface area contributed by atoms with Crippen molar-refractivity contribution in [1.29, 1.82) is 0 Å². The summed E-state index contributed by atoms with van der Waals surface area (Å²) in [6, 6.07) is 0.678. The standard InChI is InChI=1S/C17H22F2N6O/c1-23(2)10-14-21-22-16(24(14)3)11-5-4-6-25(9-11)17(26)15-13(19)7-12(18)8-20-15/h7-8,11H,4-6,9-10H2,1-3H3/t11-/m0/s1. The first-order chi connectivity index (χ1) is 12.4. The predicted octanol–water partition coefficient (Wildman–Crippen LogP) is 1.57. The molecule has 26 heavy (non-hydrogen) atoms. The van der Waals surface area contributed by atoms with Crippen LogP contribution < -0.4 is 0 Å². The molecule has 0 unspecified atom stereocenters. The van der Waals surface area contributed by atoms with E-state index in [1.807, 2.05) is 30.6 Å². The van der Waals surface area contributed by atoms with Crippen LogP contribution in [0.3, 0.4) is 0 Å². The van der Waals surface area contributed by atoms with Gasteiger partial charge in [0.25, 0.3) is 5.91 Å². The fraction of sp³-hybridized carbons (Fsp3) is 0.529. The number of rotatable bonds is 4. The van der Waals surface area contributed by atoms with E-state index < -0.39 is 17.5 Å². The summed E-state index contributed by atoms with van der Waals surface area (Å²) in [6.07, 6.45) is 2.50. The van der Waals surface area contributed by atoms with Gasteiger partial charge in [-0.1, -0.05) is 0 Å². The molecule has 2 aromatic heterocycles. The van der Waals surface area contributed by atoms with Gasteiger partial charge in [-0.3, -0.25) is 4.79 Å². The van der Waals surface area contributed by atoms with Gasteiger partial charge < -0.3 is 14.4 Å². The number of likely N-dealkylation sites (tertiary alicyclic amines) is 1. The quantitative estimate of drug-likeness (QED) is 0.824. The third kappa shape index (κ3) is 3.72. The average molecular weight is 364 g/mol. The van der Waals surface area contributed by atoms with E-state index in [1.54, 1.807) is 4.90 Å². The molecule has 2 aromatic rings. The monoisotopic (exact) mass is 364 g/mol. The Morgan fingerprint density at radius 1 is 1.35 bits per heavy atom. The van der Waals surface area contributed by atoms with Gasteiger partial charge in [0.2, 0.25) is 0 Å². The largest absolute Gasteiger partial charge is 0.336 e. The van der Waals surface area contributed by atoms with Crippen LogP contribution in [-0.2, 0) is 13.6 Å². The number of piperidine rings is 1. The van der Waals surface area contributed by atoms with Gasteiger partial charge in [0.1, 0.15) is 17.5 Å². The second-order valence-corrected chi connectivity index (χ2v) is 6.85. The van der Waals surface area contributed by atoms with Crippen molar-refractivity contribution in [3.8, 4) is 0 Å². The van der Waals surface area contributed by atoms with E-state index in [0.29, 0.717) is 25.7 Å². The first-order valence-electron chi connectivity index (χ1n) is 8.50. The molecule has 0 aliphatic carbocycles. The second kappa shape index (κ2) is 7.45. The number of halogens is 2. The van der Waals surface area contributed by atoms with Crippen LogP contribution in [0.15, 0.2) is 12.3 Å². The average Bonchev–Trinajstić information content (AvgIpc) is 2.94. The maximum atomic E-state index is 13.9. The summed E-state index contributed by atoms with van der Waals surface area (Å²) in [7, 11) is 5.83. The summed E-state index contributed by atoms with van der Waals surface area (Å²) in [6.45, 7) is 1.59.